The molecule has 6 nitrogen and oxygen atoms in total. The molecule has 0 aromatic carbocycles. The molecule has 1 amide bonds. The van der Waals surface area contributed by atoms with Crippen LogP contribution in [0.1, 0.15) is 31.3 Å². The highest BCUT2D eigenvalue weighted by Gasteiger charge is 2.38. The fraction of sp³-hybridized carbons (Fsp3) is 0.357. The maximum Gasteiger partial charge on any atom is 0.329 e. The number of likely N-dealkylation sites (N-methyl/N-ethyl adjacent to an activating group) is 1. The van der Waals surface area contributed by atoms with Crippen LogP contribution in [0, 0.1) is 0 Å². The van der Waals surface area contributed by atoms with Crippen LogP contribution in [0.25, 0.3) is 10.8 Å². The lowest BCUT2D eigenvalue weighted by atomic mass is 10.0. The van der Waals surface area contributed by atoms with Crippen LogP contribution in [0.4, 0.5) is 0 Å². The predicted molar refractivity (Wildman–Crippen MR) is 78.2 cm³/mol. The molecular weight excluding hydrogens is 292 g/mol. The molecule has 0 aliphatic heterocycles. The van der Waals surface area contributed by atoms with Gasteiger partial charge in [0.15, 0.2) is 10.8 Å². The summed E-state index contributed by atoms with van der Waals surface area (Å²) >= 11 is 1.28. The van der Waals surface area contributed by atoms with E-state index in [1.165, 1.54) is 36.3 Å². The van der Waals surface area contributed by atoms with E-state index in [1.807, 2.05) is 0 Å². The molecule has 7 heteroatoms. The minimum atomic E-state index is -1.29. The van der Waals surface area contributed by atoms with Gasteiger partial charge in [-0.15, -0.1) is 11.3 Å². The van der Waals surface area contributed by atoms with E-state index in [0.717, 1.165) is 0 Å². The molecular formula is C14H16N2O4S. The molecule has 0 saturated heterocycles. The van der Waals surface area contributed by atoms with Crippen LogP contribution in [0.3, 0.4) is 0 Å². The molecule has 0 spiro atoms. The summed E-state index contributed by atoms with van der Waals surface area (Å²) in [6.07, 6.45) is 1.53. The van der Waals surface area contributed by atoms with Crippen molar-refractivity contribution in [1.29, 1.82) is 0 Å². The number of carboxylic acids is 1. The zero-order chi connectivity index (χ0) is 15.6. The summed E-state index contributed by atoms with van der Waals surface area (Å²) in [5.74, 6) is -0.877. The number of thiazole rings is 1. The second-order valence-corrected chi connectivity index (χ2v) is 5.79. The average Bonchev–Trinajstić information content (AvgIpc) is 3.10. The Balaban J connectivity index is 2.29. The van der Waals surface area contributed by atoms with Crippen LogP contribution in [-0.4, -0.2) is 39.0 Å². The van der Waals surface area contributed by atoms with Crippen LogP contribution in [0.15, 0.2) is 28.2 Å². The molecule has 0 fully saturated rings. The van der Waals surface area contributed by atoms with Crippen molar-refractivity contribution in [1.82, 2.24) is 9.88 Å². The normalized spacial score (nSPS) is 11.4. The van der Waals surface area contributed by atoms with Gasteiger partial charge in [-0.2, -0.15) is 0 Å². The first kappa shape index (κ1) is 15.2. The Morgan fingerprint density at radius 1 is 1.48 bits per heavy atom. The SMILES string of the molecule is CCN(C(=O)c1csc(-c2ccco2)n1)C(C)(C)C(=O)O. The molecule has 0 saturated carbocycles. The molecule has 0 aliphatic carbocycles. The van der Waals surface area contributed by atoms with Crippen molar-refractivity contribution < 1.29 is 19.1 Å². The van der Waals surface area contributed by atoms with E-state index in [2.05, 4.69) is 4.98 Å². The summed E-state index contributed by atoms with van der Waals surface area (Å²) in [5, 5.41) is 11.5. The summed E-state index contributed by atoms with van der Waals surface area (Å²) in [6.45, 7) is 5.02. The van der Waals surface area contributed by atoms with Gasteiger partial charge in [-0.25, -0.2) is 9.78 Å². The van der Waals surface area contributed by atoms with Gasteiger partial charge < -0.3 is 14.4 Å². The number of aliphatic carboxylic acids is 1. The Morgan fingerprint density at radius 2 is 2.19 bits per heavy atom. The van der Waals surface area contributed by atoms with Gasteiger partial charge >= 0.3 is 5.97 Å². The first-order valence-corrected chi connectivity index (χ1v) is 7.30. The lowest BCUT2D eigenvalue weighted by Crippen LogP contribution is -2.53. The van der Waals surface area contributed by atoms with Crippen LogP contribution in [-0.2, 0) is 4.79 Å². The van der Waals surface area contributed by atoms with Gasteiger partial charge in [0.25, 0.3) is 5.91 Å². The average molecular weight is 308 g/mol. The van der Waals surface area contributed by atoms with Crippen LogP contribution < -0.4 is 0 Å². The van der Waals surface area contributed by atoms with E-state index in [4.69, 9.17) is 4.42 Å². The molecule has 0 radical (unpaired) electrons. The predicted octanol–water partition coefficient (Wildman–Crippen LogP) is 2.73. The van der Waals surface area contributed by atoms with E-state index in [1.54, 1.807) is 24.4 Å². The first-order chi connectivity index (χ1) is 9.87. The summed E-state index contributed by atoms with van der Waals surface area (Å²) in [4.78, 5) is 29.3. The highest BCUT2D eigenvalue weighted by atomic mass is 32.1. The van der Waals surface area contributed by atoms with Crippen LogP contribution in [0.5, 0.6) is 0 Å². The Hall–Kier alpha value is -2.15. The van der Waals surface area contributed by atoms with Crippen molar-refractivity contribution in [2.24, 2.45) is 0 Å². The summed E-state index contributed by atoms with van der Waals surface area (Å²) in [5.41, 5.74) is -1.07. The molecule has 2 heterocycles. The Morgan fingerprint density at radius 3 is 2.71 bits per heavy atom. The molecule has 1 N–H and O–H groups in total. The fourth-order valence-electron chi connectivity index (χ4n) is 1.93. The van der Waals surface area contributed by atoms with Crippen molar-refractivity contribution in [3.05, 3.63) is 29.5 Å². The maximum absolute atomic E-state index is 12.5. The lowest BCUT2D eigenvalue weighted by Gasteiger charge is -2.33. The number of carboxylic acid groups (broad SMARTS) is 1. The van der Waals surface area contributed by atoms with E-state index < -0.39 is 17.4 Å². The Labute approximate surface area is 126 Å². The van der Waals surface area contributed by atoms with Crippen LogP contribution >= 0.6 is 11.3 Å². The van der Waals surface area contributed by atoms with Crippen LogP contribution in [0.2, 0.25) is 0 Å². The number of hydrogen-bond donors (Lipinski definition) is 1. The molecule has 2 aromatic rings. The number of carbonyl (C=O) groups excluding carboxylic acids is 1. The van der Waals surface area contributed by atoms with Crippen molar-refractivity contribution >= 4 is 23.2 Å². The minimum absolute atomic E-state index is 0.225. The molecule has 0 unspecified atom stereocenters. The number of amides is 1. The van der Waals surface area contributed by atoms with Gasteiger partial charge in [-0.3, -0.25) is 4.79 Å². The lowest BCUT2D eigenvalue weighted by molar-refractivity contribution is -0.147. The monoisotopic (exact) mass is 308 g/mol. The molecule has 2 aromatic heterocycles. The van der Waals surface area contributed by atoms with E-state index >= 15 is 0 Å². The second kappa shape index (κ2) is 5.69. The summed E-state index contributed by atoms with van der Waals surface area (Å²) in [7, 11) is 0. The zero-order valence-corrected chi connectivity index (χ0v) is 12.8. The standard InChI is InChI=1S/C14H16N2O4S/c1-4-16(14(2,3)13(18)19)12(17)9-8-21-11(15-9)10-6-5-7-20-10/h5-8H,4H2,1-3H3,(H,18,19). The quantitative estimate of drug-likeness (QED) is 0.918. The third-order valence-corrected chi connectivity index (χ3v) is 4.07. The molecule has 0 aliphatic rings. The number of aromatic nitrogens is 1. The van der Waals surface area contributed by atoms with Crippen molar-refractivity contribution in [2.75, 3.05) is 6.54 Å². The third kappa shape index (κ3) is 2.82. The van der Waals surface area contributed by atoms with Gasteiger partial charge in [0.2, 0.25) is 0 Å². The topological polar surface area (TPSA) is 83.6 Å². The molecule has 2 rings (SSSR count). The van der Waals surface area contributed by atoms with Crippen molar-refractivity contribution in [2.45, 2.75) is 26.3 Å². The largest absolute Gasteiger partial charge is 0.480 e. The minimum Gasteiger partial charge on any atom is -0.480 e. The highest BCUT2D eigenvalue weighted by Crippen LogP contribution is 2.26. The highest BCUT2D eigenvalue weighted by molar-refractivity contribution is 7.13. The number of carbonyl (C=O) groups is 2. The Kier molecular flexibility index (Phi) is 4.13. The van der Waals surface area contributed by atoms with Crippen molar-refractivity contribution in [3.63, 3.8) is 0 Å². The van der Waals surface area contributed by atoms with Gasteiger partial charge in [0.05, 0.1) is 6.26 Å². The molecule has 0 bridgehead atoms. The summed E-state index contributed by atoms with van der Waals surface area (Å²) in [6, 6.07) is 3.50. The first-order valence-electron chi connectivity index (χ1n) is 6.42. The maximum atomic E-state index is 12.5. The van der Waals surface area contributed by atoms with Gasteiger partial charge in [0, 0.05) is 11.9 Å². The smallest absolute Gasteiger partial charge is 0.329 e. The molecule has 21 heavy (non-hydrogen) atoms. The van der Waals surface area contributed by atoms with Gasteiger partial charge in [-0.05, 0) is 32.9 Å². The number of rotatable bonds is 5. The number of hydrogen-bond acceptors (Lipinski definition) is 5. The zero-order valence-electron chi connectivity index (χ0n) is 12.0. The molecule has 112 valence electrons. The van der Waals surface area contributed by atoms with E-state index in [-0.39, 0.29) is 12.2 Å². The Bertz CT molecular complexity index is 646. The second-order valence-electron chi connectivity index (χ2n) is 4.93. The van der Waals surface area contributed by atoms with Gasteiger partial charge in [0.1, 0.15) is 11.2 Å². The van der Waals surface area contributed by atoms with Crippen molar-refractivity contribution in [3.8, 4) is 10.8 Å². The fourth-order valence-corrected chi connectivity index (χ4v) is 2.69. The van der Waals surface area contributed by atoms with Gasteiger partial charge in [-0.1, -0.05) is 0 Å². The number of furan rings is 1. The summed E-state index contributed by atoms with van der Waals surface area (Å²) < 4.78 is 5.23. The molecule has 0 atom stereocenters. The van der Waals surface area contributed by atoms with E-state index in [9.17, 15) is 14.7 Å². The number of nitrogens with zero attached hydrogens (tertiary/aromatic N) is 2. The van der Waals surface area contributed by atoms with E-state index in [0.29, 0.717) is 10.8 Å². The third-order valence-electron chi connectivity index (χ3n) is 3.21.